The van der Waals surface area contributed by atoms with E-state index in [4.69, 9.17) is 33.5 Å². The average molecular weight is 471 g/mol. The third-order valence-electron chi connectivity index (χ3n) is 5.47. The number of hydrogen-bond donors (Lipinski definition) is 1. The minimum atomic E-state index is -0.765. The normalized spacial score (nSPS) is 16.2. The van der Waals surface area contributed by atoms with E-state index in [1.165, 1.54) is 7.11 Å². The van der Waals surface area contributed by atoms with Crippen molar-refractivity contribution in [2.45, 2.75) is 45.3 Å². The first-order valence-corrected chi connectivity index (χ1v) is 11.4. The zero-order chi connectivity index (χ0) is 24.1. The molecule has 4 rings (SSSR count). The van der Waals surface area contributed by atoms with Crippen LogP contribution in [0, 0.1) is 0 Å². The molecule has 182 valence electrons. The van der Waals surface area contributed by atoms with E-state index in [0.29, 0.717) is 52.9 Å². The van der Waals surface area contributed by atoms with Crippen LogP contribution < -0.4 is 18.9 Å². The molecule has 0 fully saturated rings. The van der Waals surface area contributed by atoms with Crippen LogP contribution in [0.25, 0.3) is 5.76 Å². The molecular formula is C26H30O8. The SMILES string of the molecule is COC(=O)C1=C(OCCCCCO)c2cc(OC(C)C)ccc2OC1c1ccc2c(c1)OCO2. The summed E-state index contributed by atoms with van der Waals surface area (Å²) in [5.74, 6) is 2.28. The summed E-state index contributed by atoms with van der Waals surface area (Å²) >= 11 is 0. The summed E-state index contributed by atoms with van der Waals surface area (Å²) in [5, 5.41) is 9.06. The van der Waals surface area contributed by atoms with Crippen molar-refractivity contribution in [3.63, 3.8) is 0 Å². The Morgan fingerprint density at radius 1 is 1.06 bits per heavy atom. The largest absolute Gasteiger partial charge is 0.492 e. The Hall–Kier alpha value is -3.39. The maximum atomic E-state index is 13.0. The third kappa shape index (κ3) is 5.07. The Morgan fingerprint density at radius 2 is 1.85 bits per heavy atom. The molecule has 8 nitrogen and oxygen atoms in total. The molecule has 0 saturated carbocycles. The predicted molar refractivity (Wildman–Crippen MR) is 124 cm³/mol. The molecule has 1 N–H and O–H groups in total. The summed E-state index contributed by atoms with van der Waals surface area (Å²) in [7, 11) is 1.33. The van der Waals surface area contributed by atoms with Crippen LogP contribution in [-0.2, 0) is 14.3 Å². The monoisotopic (exact) mass is 470 g/mol. The van der Waals surface area contributed by atoms with Gasteiger partial charge in [-0.2, -0.15) is 0 Å². The van der Waals surface area contributed by atoms with Gasteiger partial charge in [0.25, 0.3) is 0 Å². The van der Waals surface area contributed by atoms with Crippen LogP contribution in [0.3, 0.4) is 0 Å². The van der Waals surface area contributed by atoms with Gasteiger partial charge in [-0.1, -0.05) is 6.07 Å². The molecule has 0 saturated heterocycles. The molecule has 2 heterocycles. The first-order valence-electron chi connectivity index (χ1n) is 11.4. The Kier molecular flexibility index (Phi) is 7.47. The predicted octanol–water partition coefficient (Wildman–Crippen LogP) is 4.40. The van der Waals surface area contributed by atoms with Crippen LogP contribution >= 0.6 is 0 Å². The molecule has 0 spiro atoms. The number of aliphatic hydroxyl groups is 1. The quantitative estimate of drug-likeness (QED) is 0.404. The number of unbranched alkanes of at least 4 members (excludes halogenated alkanes) is 2. The topological polar surface area (TPSA) is 92.7 Å². The lowest BCUT2D eigenvalue weighted by molar-refractivity contribution is -0.137. The van der Waals surface area contributed by atoms with Crippen molar-refractivity contribution in [1.29, 1.82) is 0 Å². The van der Waals surface area contributed by atoms with E-state index in [9.17, 15) is 4.79 Å². The maximum Gasteiger partial charge on any atom is 0.341 e. The van der Waals surface area contributed by atoms with Gasteiger partial charge in [0.05, 0.1) is 25.4 Å². The van der Waals surface area contributed by atoms with Crippen LogP contribution in [0.15, 0.2) is 42.0 Å². The van der Waals surface area contributed by atoms with E-state index in [2.05, 4.69) is 0 Å². The van der Waals surface area contributed by atoms with E-state index in [1.807, 2.05) is 38.1 Å². The number of aliphatic hydroxyl groups excluding tert-OH is 1. The van der Waals surface area contributed by atoms with Gasteiger partial charge in [0.15, 0.2) is 17.6 Å². The molecule has 0 aromatic heterocycles. The number of methoxy groups -OCH3 is 1. The Bertz CT molecular complexity index is 1060. The molecule has 0 bridgehead atoms. The molecule has 34 heavy (non-hydrogen) atoms. The highest BCUT2D eigenvalue weighted by atomic mass is 16.7. The highest BCUT2D eigenvalue weighted by Crippen LogP contribution is 2.46. The van der Waals surface area contributed by atoms with Gasteiger partial charge in [0.1, 0.15) is 22.8 Å². The lowest BCUT2D eigenvalue weighted by Gasteiger charge is -2.30. The third-order valence-corrected chi connectivity index (χ3v) is 5.47. The minimum Gasteiger partial charge on any atom is -0.492 e. The number of hydrogen-bond acceptors (Lipinski definition) is 8. The van der Waals surface area contributed by atoms with Crippen molar-refractivity contribution in [1.82, 2.24) is 0 Å². The van der Waals surface area contributed by atoms with E-state index < -0.39 is 12.1 Å². The molecule has 2 aliphatic rings. The molecule has 0 amide bonds. The van der Waals surface area contributed by atoms with Gasteiger partial charge in [0, 0.05) is 12.2 Å². The lowest BCUT2D eigenvalue weighted by atomic mass is 9.94. The van der Waals surface area contributed by atoms with Gasteiger partial charge < -0.3 is 33.5 Å². The molecule has 2 aromatic rings. The minimum absolute atomic E-state index is 0.0177. The van der Waals surface area contributed by atoms with Crippen molar-refractivity contribution >= 4 is 11.7 Å². The van der Waals surface area contributed by atoms with Crippen LogP contribution in [0.5, 0.6) is 23.0 Å². The molecule has 2 aromatic carbocycles. The fourth-order valence-corrected chi connectivity index (χ4v) is 3.93. The standard InChI is InChI=1S/C26H30O8/c1-16(2)33-18-8-10-20-19(14-18)25(30-12-6-4-5-11-27)23(26(28)29-3)24(34-20)17-7-9-21-22(13-17)32-15-31-21/h7-10,13-14,16,24,27H,4-6,11-12,15H2,1-3H3. The molecule has 8 heteroatoms. The van der Waals surface area contributed by atoms with Crippen molar-refractivity contribution in [3.8, 4) is 23.0 Å². The second-order valence-electron chi connectivity index (χ2n) is 8.30. The van der Waals surface area contributed by atoms with Gasteiger partial charge in [-0.3, -0.25) is 0 Å². The van der Waals surface area contributed by atoms with Gasteiger partial charge in [-0.25, -0.2) is 4.79 Å². The average Bonchev–Trinajstić information content (AvgIpc) is 3.30. The number of ether oxygens (including phenoxy) is 6. The second-order valence-corrected chi connectivity index (χ2v) is 8.30. The van der Waals surface area contributed by atoms with Crippen LogP contribution in [-0.4, -0.2) is 44.3 Å². The fourth-order valence-electron chi connectivity index (χ4n) is 3.93. The van der Waals surface area contributed by atoms with Crippen molar-refractivity contribution in [2.24, 2.45) is 0 Å². The van der Waals surface area contributed by atoms with Crippen molar-refractivity contribution in [2.75, 3.05) is 27.1 Å². The van der Waals surface area contributed by atoms with Gasteiger partial charge >= 0.3 is 5.97 Å². The summed E-state index contributed by atoms with van der Waals surface area (Å²) < 4.78 is 34.5. The smallest absolute Gasteiger partial charge is 0.341 e. The summed E-state index contributed by atoms with van der Waals surface area (Å²) in [4.78, 5) is 13.0. The van der Waals surface area contributed by atoms with Crippen molar-refractivity contribution in [3.05, 3.63) is 53.1 Å². The Labute approximate surface area is 199 Å². The van der Waals surface area contributed by atoms with Gasteiger partial charge in [-0.05, 0) is 63.4 Å². The van der Waals surface area contributed by atoms with E-state index in [0.717, 1.165) is 12.8 Å². The van der Waals surface area contributed by atoms with Crippen LogP contribution in [0.2, 0.25) is 0 Å². The molecule has 1 atom stereocenters. The molecule has 1 unspecified atom stereocenters. The van der Waals surface area contributed by atoms with E-state index in [1.54, 1.807) is 12.1 Å². The zero-order valence-corrected chi connectivity index (χ0v) is 19.7. The number of rotatable bonds is 10. The van der Waals surface area contributed by atoms with Crippen LogP contribution in [0.4, 0.5) is 0 Å². The summed E-state index contributed by atoms with van der Waals surface area (Å²) in [5.41, 5.74) is 1.59. The Morgan fingerprint density at radius 3 is 2.62 bits per heavy atom. The van der Waals surface area contributed by atoms with E-state index >= 15 is 0 Å². The number of carbonyl (C=O) groups is 1. The maximum absolute atomic E-state index is 13.0. The molecule has 0 radical (unpaired) electrons. The number of fused-ring (bicyclic) bond motifs is 2. The van der Waals surface area contributed by atoms with Crippen molar-refractivity contribution < 1.29 is 38.3 Å². The first-order chi connectivity index (χ1) is 16.5. The fraction of sp³-hybridized carbons (Fsp3) is 0.423. The highest BCUT2D eigenvalue weighted by Gasteiger charge is 2.37. The number of benzene rings is 2. The molecule has 2 aliphatic heterocycles. The highest BCUT2D eigenvalue weighted by molar-refractivity contribution is 5.99. The van der Waals surface area contributed by atoms with Gasteiger partial charge in [-0.15, -0.1) is 0 Å². The summed E-state index contributed by atoms with van der Waals surface area (Å²) in [6.07, 6.45) is 1.45. The number of esters is 1. The zero-order valence-electron chi connectivity index (χ0n) is 19.7. The van der Waals surface area contributed by atoms with Crippen LogP contribution in [0.1, 0.15) is 50.3 Å². The summed E-state index contributed by atoms with van der Waals surface area (Å²) in [6, 6.07) is 10.9. The second kappa shape index (κ2) is 10.7. The number of carbonyl (C=O) groups excluding carboxylic acids is 1. The molecular weight excluding hydrogens is 440 g/mol. The lowest BCUT2D eigenvalue weighted by Crippen LogP contribution is -2.25. The Balaban J connectivity index is 1.77. The summed E-state index contributed by atoms with van der Waals surface area (Å²) in [6.45, 7) is 4.54. The first kappa shape index (κ1) is 23.8. The van der Waals surface area contributed by atoms with E-state index in [-0.39, 0.29) is 25.1 Å². The van der Waals surface area contributed by atoms with Gasteiger partial charge in [0.2, 0.25) is 6.79 Å². The molecule has 0 aliphatic carbocycles.